The van der Waals surface area contributed by atoms with Gasteiger partial charge in [-0.2, -0.15) is 5.10 Å². The number of rotatable bonds is 3. The van der Waals surface area contributed by atoms with Gasteiger partial charge >= 0.3 is 0 Å². The first-order chi connectivity index (χ1) is 9.73. The third-order valence-electron chi connectivity index (χ3n) is 3.29. The smallest absolute Gasteiger partial charge is 0.266 e. The second kappa shape index (κ2) is 5.36. The maximum absolute atomic E-state index is 12.5. The predicted octanol–water partition coefficient (Wildman–Crippen LogP) is 0.686. The maximum atomic E-state index is 12.5. The summed E-state index contributed by atoms with van der Waals surface area (Å²) in [6.45, 7) is 1.88. The molecule has 0 aliphatic heterocycles. The number of anilines is 1. The summed E-state index contributed by atoms with van der Waals surface area (Å²) in [5.74, 6) is -0.383. The molecule has 0 bridgehead atoms. The number of thiophene rings is 1. The highest BCUT2D eigenvalue weighted by atomic mass is 32.1. The zero-order valence-electron chi connectivity index (χ0n) is 12.8. The van der Waals surface area contributed by atoms with Gasteiger partial charge in [0.25, 0.3) is 5.91 Å². The van der Waals surface area contributed by atoms with Gasteiger partial charge in [0, 0.05) is 28.2 Å². The molecule has 0 unspecified atom stereocenters. The molecule has 2 aromatic heterocycles. The Kier molecular flexibility index (Phi) is 3.91. The number of nitrogens with zero attached hydrogens (tertiary/aromatic N) is 4. The van der Waals surface area contributed by atoms with Crippen LogP contribution in [0.4, 0.5) is 5.69 Å². The Balaban J connectivity index is 2.33. The van der Waals surface area contributed by atoms with Gasteiger partial charge in [0.15, 0.2) is 0 Å². The van der Waals surface area contributed by atoms with Crippen molar-refractivity contribution in [1.29, 1.82) is 0 Å². The van der Waals surface area contributed by atoms with Crippen LogP contribution in [0.3, 0.4) is 0 Å². The summed E-state index contributed by atoms with van der Waals surface area (Å²) in [4.78, 5) is 28.3. The number of likely N-dealkylation sites (N-methyl/N-ethyl adjacent to an activating group) is 2. The van der Waals surface area contributed by atoms with Crippen LogP contribution in [0.25, 0.3) is 10.2 Å². The zero-order chi connectivity index (χ0) is 15.9. The number of nitrogens with two attached hydrogens (primary N) is 1. The molecule has 0 spiro atoms. The SMILES string of the molecule is Cc1nn(C)c2sc(C(=O)N(C)CC(=O)N(C)C)c(N)c12. The largest absolute Gasteiger partial charge is 0.397 e. The van der Waals surface area contributed by atoms with Crippen LogP contribution in [0.5, 0.6) is 0 Å². The molecule has 114 valence electrons. The molecule has 2 rings (SSSR count). The van der Waals surface area contributed by atoms with Gasteiger partial charge in [-0.25, -0.2) is 0 Å². The Morgan fingerprint density at radius 2 is 1.95 bits per heavy atom. The van der Waals surface area contributed by atoms with Crippen molar-refractivity contribution in [1.82, 2.24) is 19.6 Å². The van der Waals surface area contributed by atoms with E-state index in [1.165, 1.54) is 21.1 Å². The average Bonchev–Trinajstić information content (AvgIpc) is 2.88. The van der Waals surface area contributed by atoms with E-state index in [1.54, 1.807) is 25.8 Å². The molecule has 2 aromatic rings. The Morgan fingerprint density at radius 3 is 2.48 bits per heavy atom. The first-order valence-corrected chi connectivity index (χ1v) is 7.22. The molecular weight excluding hydrogens is 290 g/mol. The summed E-state index contributed by atoms with van der Waals surface area (Å²) >= 11 is 1.30. The lowest BCUT2D eigenvalue weighted by Crippen LogP contribution is -2.37. The van der Waals surface area contributed by atoms with Crippen LogP contribution in [0.2, 0.25) is 0 Å². The van der Waals surface area contributed by atoms with Crippen LogP contribution in [0, 0.1) is 6.92 Å². The summed E-state index contributed by atoms with van der Waals surface area (Å²) in [7, 11) is 6.73. The van der Waals surface area contributed by atoms with Crippen molar-refractivity contribution in [2.45, 2.75) is 6.92 Å². The predicted molar refractivity (Wildman–Crippen MR) is 83.4 cm³/mol. The van der Waals surface area contributed by atoms with Gasteiger partial charge in [0.1, 0.15) is 9.71 Å². The van der Waals surface area contributed by atoms with Crippen molar-refractivity contribution < 1.29 is 9.59 Å². The van der Waals surface area contributed by atoms with Crippen molar-refractivity contribution >= 4 is 39.1 Å². The molecule has 21 heavy (non-hydrogen) atoms. The zero-order valence-corrected chi connectivity index (χ0v) is 13.6. The average molecular weight is 309 g/mol. The number of hydrogen-bond acceptors (Lipinski definition) is 5. The van der Waals surface area contributed by atoms with E-state index in [2.05, 4.69) is 5.10 Å². The minimum Gasteiger partial charge on any atom is -0.397 e. The first kappa shape index (κ1) is 15.3. The summed E-state index contributed by atoms with van der Waals surface area (Å²) in [6, 6.07) is 0. The summed E-state index contributed by atoms with van der Waals surface area (Å²) in [5, 5.41) is 5.11. The highest BCUT2D eigenvalue weighted by molar-refractivity contribution is 7.21. The second-order valence-corrected chi connectivity index (χ2v) is 6.18. The van der Waals surface area contributed by atoms with Gasteiger partial charge in [-0.1, -0.05) is 0 Å². The van der Waals surface area contributed by atoms with Gasteiger partial charge < -0.3 is 15.5 Å². The minimum absolute atomic E-state index is 0.0246. The molecule has 8 heteroatoms. The molecule has 0 fully saturated rings. The van der Waals surface area contributed by atoms with Gasteiger partial charge in [0.2, 0.25) is 5.91 Å². The van der Waals surface area contributed by atoms with Crippen molar-refractivity contribution in [2.75, 3.05) is 33.4 Å². The lowest BCUT2D eigenvalue weighted by molar-refractivity contribution is -0.129. The van der Waals surface area contributed by atoms with Crippen molar-refractivity contribution in [2.24, 2.45) is 7.05 Å². The fourth-order valence-corrected chi connectivity index (χ4v) is 3.26. The van der Waals surface area contributed by atoms with Crippen LogP contribution in [0.15, 0.2) is 0 Å². The third-order valence-corrected chi connectivity index (χ3v) is 4.55. The number of carbonyl (C=O) groups excluding carboxylic acids is 2. The van der Waals surface area contributed by atoms with Crippen molar-refractivity contribution in [3.63, 3.8) is 0 Å². The third kappa shape index (κ3) is 2.58. The molecule has 0 radical (unpaired) electrons. The molecule has 7 nitrogen and oxygen atoms in total. The summed E-state index contributed by atoms with van der Waals surface area (Å²) in [6.07, 6.45) is 0. The van der Waals surface area contributed by atoms with E-state index in [4.69, 9.17) is 5.73 Å². The number of hydrogen-bond donors (Lipinski definition) is 1. The maximum Gasteiger partial charge on any atom is 0.266 e. The van der Waals surface area contributed by atoms with E-state index in [1.807, 2.05) is 14.0 Å². The standard InChI is InChI=1S/C13H19N5O2S/c1-7-9-10(14)11(21-13(9)18(5)15-7)12(20)17(4)6-8(19)16(2)3/h6,14H2,1-5H3. The summed E-state index contributed by atoms with van der Waals surface area (Å²) in [5.41, 5.74) is 7.33. The number of amides is 2. The Labute approximate surface area is 126 Å². The Bertz CT molecular complexity index is 716. The van der Waals surface area contributed by atoms with Gasteiger partial charge in [-0.15, -0.1) is 11.3 Å². The number of carbonyl (C=O) groups is 2. The normalized spacial score (nSPS) is 10.9. The lowest BCUT2D eigenvalue weighted by atomic mass is 10.2. The molecular formula is C13H19N5O2S. The highest BCUT2D eigenvalue weighted by Gasteiger charge is 2.24. The lowest BCUT2D eigenvalue weighted by Gasteiger charge is -2.18. The molecule has 0 aromatic carbocycles. The first-order valence-electron chi connectivity index (χ1n) is 6.41. The highest BCUT2D eigenvalue weighted by Crippen LogP contribution is 2.35. The minimum atomic E-state index is -0.247. The van der Waals surface area contributed by atoms with Crippen LogP contribution in [0.1, 0.15) is 15.4 Å². The van der Waals surface area contributed by atoms with Gasteiger partial charge in [0.05, 0.1) is 23.3 Å². The molecule has 0 saturated carbocycles. The number of nitrogen functional groups attached to an aromatic ring is 1. The van der Waals surface area contributed by atoms with Gasteiger partial charge in [-0.05, 0) is 6.92 Å². The second-order valence-electron chi connectivity index (χ2n) is 5.18. The topological polar surface area (TPSA) is 84.5 Å². The van der Waals surface area contributed by atoms with E-state index >= 15 is 0 Å². The van der Waals surface area contributed by atoms with E-state index in [0.29, 0.717) is 10.6 Å². The Hall–Kier alpha value is -2.09. The molecule has 0 aliphatic carbocycles. The Morgan fingerprint density at radius 1 is 1.33 bits per heavy atom. The molecule has 2 amide bonds. The molecule has 2 heterocycles. The van der Waals surface area contributed by atoms with Crippen molar-refractivity contribution in [3.8, 4) is 0 Å². The van der Waals surface area contributed by atoms with E-state index in [9.17, 15) is 9.59 Å². The van der Waals surface area contributed by atoms with E-state index in [0.717, 1.165) is 15.9 Å². The number of aromatic nitrogens is 2. The van der Waals surface area contributed by atoms with Gasteiger partial charge in [-0.3, -0.25) is 14.3 Å². The van der Waals surface area contributed by atoms with E-state index in [-0.39, 0.29) is 18.4 Å². The molecule has 0 aliphatic rings. The monoisotopic (exact) mass is 309 g/mol. The van der Waals surface area contributed by atoms with Crippen LogP contribution in [-0.2, 0) is 11.8 Å². The fourth-order valence-electron chi connectivity index (χ4n) is 2.08. The van der Waals surface area contributed by atoms with Crippen LogP contribution >= 0.6 is 11.3 Å². The molecule has 2 N–H and O–H groups in total. The van der Waals surface area contributed by atoms with Crippen molar-refractivity contribution in [3.05, 3.63) is 10.6 Å². The number of fused-ring (bicyclic) bond motifs is 1. The quantitative estimate of drug-likeness (QED) is 0.904. The van der Waals surface area contributed by atoms with E-state index < -0.39 is 0 Å². The number of aryl methyl sites for hydroxylation is 2. The van der Waals surface area contributed by atoms with Crippen LogP contribution < -0.4 is 5.73 Å². The molecule has 0 saturated heterocycles. The summed E-state index contributed by atoms with van der Waals surface area (Å²) < 4.78 is 1.72. The molecule has 0 atom stereocenters. The fraction of sp³-hybridized carbons (Fsp3) is 0.462. The van der Waals surface area contributed by atoms with Crippen LogP contribution in [-0.4, -0.2) is 59.1 Å².